The molecule has 0 bridgehead atoms. The normalized spacial score (nSPS) is 18.3. The van der Waals surface area contributed by atoms with Crippen LogP contribution in [0.25, 0.3) is 0 Å². The van der Waals surface area contributed by atoms with Gasteiger partial charge >= 0.3 is 0 Å². The largest absolute Gasteiger partial charge is 0.363 e. The molecule has 16 heavy (non-hydrogen) atoms. The SMILES string of the molecule is CN(C)CCN(C)C(=O)COC1(C)CNC1. The molecule has 0 unspecified atom stereocenters. The van der Waals surface area contributed by atoms with Crippen molar-refractivity contribution in [2.75, 3.05) is 53.9 Å². The number of nitrogens with zero attached hydrogens (tertiary/aromatic N) is 2. The minimum Gasteiger partial charge on any atom is -0.363 e. The van der Waals surface area contributed by atoms with Crippen molar-refractivity contribution >= 4 is 5.91 Å². The van der Waals surface area contributed by atoms with Crippen molar-refractivity contribution in [1.82, 2.24) is 15.1 Å². The molecule has 1 rings (SSSR count). The molecule has 0 atom stereocenters. The first-order valence-electron chi connectivity index (χ1n) is 5.66. The van der Waals surface area contributed by atoms with Crippen molar-refractivity contribution in [3.05, 3.63) is 0 Å². The van der Waals surface area contributed by atoms with E-state index in [2.05, 4.69) is 10.2 Å². The number of ether oxygens (including phenoxy) is 1. The highest BCUT2D eigenvalue weighted by Crippen LogP contribution is 2.14. The number of likely N-dealkylation sites (N-methyl/N-ethyl adjacent to an activating group) is 2. The van der Waals surface area contributed by atoms with Gasteiger partial charge in [0.25, 0.3) is 0 Å². The van der Waals surface area contributed by atoms with Crippen LogP contribution in [-0.2, 0) is 9.53 Å². The quantitative estimate of drug-likeness (QED) is 0.660. The monoisotopic (exact) mass is 229 g/mol. The molecule has 1 aliphatic rings. The Morgan fingerprint density at radius 1 is 1.31 bits per heavy atom. The predicted molar refractivity (Wildman–Crippen MR) is 63.4 cm³/mol. The van der Waals surface area contributed by atoms with E-state index < -0.39 is 0 Å². The molecule has 0 saturated carbocycles. The van der Waals surface area contributed by atoms with Gasteiger partial charge in [-0.25, -0.2) is 0 Å². The molecule has 1 fully saturated rings. The molecular weight excluding hydrogens is 206 g/mol. The summed E-state index contributed by atoms with van der Waals surface area (Å²) in [5.41, 5.74) is -0.141. The average molecular weight is 229 g/mol. The van der Waals surface area contributed by atoms with Crippen molar-refractivity contribution in [3.63, 3.8) is 0 Å². The summed E-state index contributed by atoms with van der Waals surface area (Å²) < 4.78 is 5.59. The summed E-state index contributed by atoms with van der Waals surface area (Å²) in [6.07, 6.45) is 0. The third kappa shape index (κ3) is 4.08. The average Bonchev–Trinajstić information content (AvgIpc) is 2.19. The molecule has 5 heteroatoms. The first-order valence-corrected chi connectivity index (χ1v) is 5.66. The maximum Gasteiger partial charge on any atom is 0.248 e. The van der Waals surface area contributed by atoms with Gasteiger partial charge in [0.2, 0.25) is 5.91 Å². The third-order valence-corrected chi connectivity index (χ3v) is 2.85. The number of amides is 1. The number of carbonyl (C=O) groups is 1. The van der Waals surface area contributed by atoms with Gasteiger partial charge in [0.05, 0.1) is 5.60 Å². The lowest BCUT2D eigenvalue weighted by Gasteiger charge is -2.39. The van der Waals surface area contributed by atoms with Crippen molar-refractivity contribution in [3.8, 4) is 0 Å². The second-order valence-electron chi connectivity index (χ2n) is 4.96. The van der Waals surface area contributed by atoms with Crippen LogP contribution < -0.4 is 5.32 Å². The molecule has 1 saturated heterocycles. The van der Waals surface area contributed by atoms with Gasteiger partial charge in [-0.2, -0.15) is 0 Å². The van der Waals surface area contributed by atoms with Gasteiger partial charge < -0.3 is 19.9 Å². The molecule has 0 spiro atoms. The predicted octanol–water partition coefficient (Wildman–Crippen LogP) is -0.615. The van der Waals surface area contributed by atoms with Crippen molar-refractivity contribution in [2.24, 2.45) is 0 Å². The zero-order chi connectivity index (χ0) is 12.2. The Labute approximate surface area is 97.7 Å². The van der Waals surface area contributed by atoms with Crippen LogP contribution in [0.2, 0.25) is 0 Å². The minimum atomic E-state index is -0.141. The molecular formula is C11H23N3O2. The highest BCUT2D eigenvalue weighted by Gasteiger charge is 2.33. The van der Waals surface area contributed by atoms with E-state index in [-0.39, 0.29) is 18.1 Å². The third-order valence-electron chi connectivity index (χ3n) is 2.85. The molecule has 0 aromatic carbocycles. The van der Waals surface area contributed by atoms with E-state index in [0.717, 1.165) is 26.2 Å². The summed E-state index contributed by atoms with van der Waals surface area (Å²) in [4.78, 5) is 15.5. The van der Waals surface area contributed by atoms with Crippen LogP contribution in [0.5, 0.6) is 0 Å². The highest BCUT2D eigenvalue weighted by atomic mass is 16.5. The summed E-state index contributed by atoms with van der Waals surface area (Å²) in [5.74, 6) is 0.0509. The van der Waals surface area contributed by atoms with Gasteiger partial charge in [0.1, 0.15) is 6.61 Å². The first-order chi connectivity index (χ1) is 7.43. The van der Waals surface area contributed by atoms with Crippen LogP contribution in [0.15, 0.2) is 0 Å². The van der Waals surface area contributed by atoms with Crippen LogP contribution in [0.3, 0.4) is 0 Å². The van der Waals surface area contributed by atoms with Crippen molar-refractivity contribution in [2.45, 2.75) is 12.5 Å². The van der Waals surface area contributed by atoms with Gasteiger partial charge in [-0.05, 0) is 21.0 Å². The fraction of sp³-hybridized carbons (Fsp3) is 0.909. The van der Waals surface area contributed by atoms with Crippen LogP contribution in [0, 0.1) is 0 Å². The summed E-state index contributed by atoms with van der Waals surface area (Å²) in [5, 5.41) is 3.14. The van der Waals surface area contributed by atoms with E-state index in [1.54, 1.807) is 4.90 Å². The molecule has 5 nitrogen and oxygen atoms in total. The number of rotatable bonds is 6. The highest BCUT2D eigenvalue weighted by molar-refractivity contribution is 5.77. The van der Waals surface area contributed by atoms with Gasteiger partial charge in [-0.15, -0.1) is 0 Å². The molecule has 0 aromatic heterocycles. The molecule has 0 radical (unpaired) electrons. The second kappa shape index (κ2) is 5.61. The lowest BCUT2D eigenvalue weighted by molar-refractivity contribution is -0.144. The Morgan fingerprint density at radius 3 is 2.38 bits per heavy atom. The standard InChI is InChI=1S/C11H23N3O2/c1-11(8-12-9-11)16-7-10(15)14(4)6-5-13(2)3/h12H,5-9H2,1-4H3. The van der Waals surface area contributed by atoms with Crippen LogP contribution in [-0.4, -0.2) is 75.2 Å². The lowest BCUT2D eigenvalue weighted by atomic mass is 10.0. The van der Waals surface area contributed by atoms with E-state index in [1.165, 1.54) is 0 Å². The van der Waals surface area contributed by atoms with Gasteiger partial charge in [-0.1, -0.05) is 0 Å². The van der Waals surface area contributed by atoms with E-state index in [9.17, 15) is 4.79 Å². The number of hydrogen-bond donors (Lipinski definition) is 1. The van der Waals surface area contributed by atoms with Crippen molar-refractivity contribution < 1.29 is 9.53 Å². The molecule has 1 amide bonds. The van der Waals surface area contributed by atoms with Gasteiger partial charge in [0.15, 0.2) is 0 Å². The number of nitrogens with one attached hydrogen (secondary N) is 1. The fourth-order valence-corrected chi connectivity index (χ4v) is 1.40. The van der Waals surface area contributed by atoms with Gasteiger partial charge in [-0.3, -0.25) is 4.79 Å². The summed E-state index contributed by atoms with van der Waals surface area (Å²) in [6, 6.07) is 0. The topological polar surface area (TPSA) is 44.8 Å². The summed E-state index contributed by atoms with van der Waals surface area (Å²) in [7, 11) is 5.81. The van der Waals surface area contributed by atoms with E-state index in [0.29, 0.717) is 0 Å². The molecule has 0 aliphatic carbocycles. The second-order valence-corrected chi connectivity index (χ2v) is 4.96. The van der Waals surface area contributed by atoms with Crippen LogP contribution in [0.1, 0.15) is 6.92 Å². The molecule has 94 valence electrons. The number of carbonyl (C=O) groups excluding carboxylic acids is 1. The maximum atomic E-state index is 11.7. The Morgan fingerprint density at radius 2 is 1.94 bits per heavy atom. The van der Waals surface area contributed by atoms with Crippen molar-refractivity contribution in [1.29, 1.82) is 0 Å². The molecule has 0 aromatic rings. The zero-order valence-corrected chi connectivity index (χ0v) is 10.7. The number of hydrogen-bond acceptors (Lipinski definition) is 4. The Kier molecular flexibility index (Phi) is 4.70. The van der Waals surface area contributed by atoms with E-state index in [4.69, 9.17) is 4.74 Å². The molecule has 1 N–H and O–H groups in total. The van der Waals surface area contributed by atoms with Crippen LogP contribution >= 0.6 is 0 Å². The smallest absolute Gasteiger partial charge is 0.248 e. The van der Waals surface area contributed by atoms with Gasteiger partial charge in [0, 0.05) is 33.2 Å². The van der Waals surface area contributed by atoms with E-state index >= 15 is 0 Å². The minimum absolute atomic E-state index is 0.0509. The fourth-order valence-electron chi connectivity index (χ4n) is 1.40. The Bertz CT molecular complexity index is 239. The lowest BCUT2D eigenvalue weighted by Crippen LogP contribution is -2.59. The zero-order valence-electron chi connectivity index (χ0n) is 10.7. The van der Waals surface area contributed by atoms with Crippen LogP contribution in [0.4, 0.5) is 0 Å². The Hall–Kier alpha value is -0.650. The van der Waals surface area contributed by atoms with E-state index in [1.807, 2.05) is 28.1 Å². The summed E-state index contributed by atoms with van der Waals surface area (Å²) >= 11 is 0. The molecule has 1 aliphatic heterocycles. The molecule has 1 heterocycles. The maximum absolute atomic E-state index is 11.7. The Balaban J connectivity index is 2.18. The summed E-state index contributed by atoms with van der Waals surface area (Å²) in [6.45, 7) is 5.49. The first kappa shape index (κ1) is 13.4.